The lowest BCUT2D eigenvalue weighted by atomic mass is 10.1. The molecule has 1 N–H and O–H groups in total. The Hall–Kier alpha value is -2.54. The molecule has 0 unspecified atom stereocenters. The normalized spacial score (nSPS) is 12.3. The summed E-state index contributed by atoms with van der Waals surface area (Å²) >= 11 is 0. The second-order valence-electron chi connectivity index (χ2n) is 6.47. The van der Waals surface area contributed by atoms with Gasteiger partial charge in [-0.2, -0.15) is 0 Å². The SMILES string of the molecule is CC[C@@H](C(=O)Nc1cccc(OC)c1)N(c1ccc(C)c(C)c1)S(C)(=O)=O. The van der Waals surface area contributed by atoms with Crippen LogP contribution < -0.4 is 14.4 Å². The highest BCUT2D eigenvalue weighted by atomic mass is 32.2. The van der Waals surface area contributed by atoms with Gasteiger partial charge in [-0.05, 0) is 55.7 Å². The number of nitrogens with zero attached hydrogens (tertiary/aromatic N) is 1. The molecule has 0 aliphatic heterocycles. The first-order valence-corrected chi connectivity index (χ1v) is 10.5. The molecule has 0 radical (unpaired) electrons. The van der Waals surface area contributed by atoms with E-state index < -0.39 is 22.0 Å². The molecule has 0 aliphatic rings. The minimum atomic E-state index is -3.66. The van der Waals surface area contributed by atoms with Crippen molar-refractivity contribution in [2.75, 3.05) is 23.0 Å². The second kappa shape index (κ2) is 8.43. The maximum absolute atomic E-state index is 12.9. The molecule has 2 aromatic carbocycles. The Kier molecular flexibility index (Phi) is 6.49. The zero-order chi connectivity index (χ0) is 20.2. The van der Waals surface area contributed by atoms with E-state index in [4.69, 9.17) is 4.74 Å². The third kappa shape index (κ3) is 5.01. The summed E-state index contributed by atoms with van der Waals surface area (Å²) < 4.78 is 31.4. The van der Waals surface area contributed by atoms with Crippen molar-refractivity contribution in [3.05, 3.63) is 53.6 Å². The van der Waals surface area contributed by atoms with Crippen LogP contribution in [0.1, 0.15) is 24.5 Å². The Morgan fingerprint density at radius 1 is 1.15 bits per heavy atom. The summed E-state index contributed by atoms with van der Waals surface area (Å²) in [5, 5.41) is 2.79. The molecular formula is C20H26N2O4S. The molecule has 146 valence electrons. The molecule has 0 heterocycles. The van der Waals surface area contributed by atoms with E-state index in [2.05, 4.69) is 5.32 Å². The van der Waals surface area contributed by atoms with Crippen LogP contribution in [0.5, 0.6) is 5.75 Å². The van der Waals surface area contributed by atoms with Gasteiger partial charge in [-0.1, -0.05) is 19.1 Å². The van der Waals surface area contributed by atoms with Crippen molar-refractivity contribution >= 4 is 27.3 Å². The van der Waals surface area contributed by atoms with Gasteiger partial charge in [0.25, 0.3) is 0 Å². The molecule has 0 bridgehead atoms. The van der Waals surface area contributed by atoms with Crippen LogP contribution in [0.2, 0.25) is 0 Å². The molecule has 0 saturated heterocycles. The number of ether oxygens (including phenoxy) is 1. The third-order valence-electron chi connectivity index (χ3n) is 4.41. The fraction of sp³-hybridized carbons (Fsp3) is 0.350. The van der Waals surface area contributed by atoms with Gasteiger partial charge in [-0.3, -0.25) is 9.10 Å². The van der Waals surface area contributed by atoms with E-state index in [0.29, 0.717) is 23.5 Å². The molecule has 0 aromatic heterocycles. The number of hydrogen-bond donors (Lipinski definition) is 1. The maximum Gasteiger partial charge on any atom is 0.248 e. The van der Waals surface area contributed by atoms with Crippen molar-refractivity contribution in [3.63, 3.8) is 0 Å². The molecule has 1 atom stereocenters. The first-order valence-electron chi connectivity index (χ1n) is 8.69. The van der Waals surface area contributed by atoms with Gasteiger partial charge in [0, 0.05) is 11.8 Å². The largest absolute Gasteiger partial charge is 0.497 e. The lowest BCUT2D eigenvalue weighted by Crippen LogP contribution is -2.47. The molecule has 2 rings (SSSR count). The van der Waals surface area contributed by atoms with E-state index in [0.717, 1.165) is 17.4 Å². The van der Waals surface area contributed by atoms with Gasteiger partial charge < -0.3 is 10.1 Å². The number of aryl methyl sites for hydroxylation is 2. The number of carbonyl (C=O) groups is 1. The summed E-state index contributed by atoms with van der Waals surface area (Å²) in [6, 6.07) is 11.4. The van der Waals surface area contributed by atoms with Crippen LogP contribution in [0.3, 0.4) is 0 Å². The summed E-state index contributed by atoms with van der Waals surface area (Å²) in [6.07, 6.45) is 1.44. The number of methoxy groups -OCH3 is 1. The highest BCUT2D eigenvalue weighted by molar-refractivity contribution is 7.92. The number of amides is 1. The van der Waals surface area contributed by atoms with E-state index in [1.165, 1.54) is 4.31 Å². The number of nitrogens with one attached hydrogen (secondary N) is 1. The van der Waals surface area contributed by atoms with Gasteiger partial charge in [0.2, 0.25) is 15.9 Å². The van der Waals surface area contributed by atoms with Crippen LogP contribution in [0, 0.1) is 13.8 Å². The average molecular weight is 391 g/mol. The predicted octanol–water partition coefficient (Wildman–Crippen LogP) is 3.50. The van der Waals surface area contributed by atoms with Crippen molar-refractivity contribution in [1.29, 1.82) is 0 Å². The van der Waals surface area contributed by atoms with Crippen LogP contribution >= 0.6 is 0 Å². The molecule has 2 aromatic rings. The van der Waals surface area contributed by atoms with Crippen molar-refractivity contribution in [2.45, 2.75) is 33.2 Å². The Balaban J connectivity index is 2.39. The zero-order valence-electron chi connectivity index (χ0n) is 16.3. The van der Waals surface area contributed by atoms with Crippen LogP contribution in [-0.4, -0.2) is 33.7 Å². The molecule has 6 nitrogen and oxygen atoms in total. The van der Waals surface area contributed by atoms with Gasteiger partial charge in [0.15, 0.2) is 0 Å². The van der Waals surface area contributed by atoms with Crippen LogP contribution in [-0.2, 0) is 14.8 Å². The Labute approximate surface area is 161 Å². The topological polar surface area (TPSA) is 75.7 Å². The van der Waals surface area contributed by atoms with Gasteiger partial charge >= 0.3 is 0 Å². The first kappa shape index (κ1) is 20.8. The smallest absolute Gasteiger partial charge is 0.248 e. The van der Waals surface area contributed by atoms with Crippen LogP contribution in [0.25, 0.3) is 0 Å². The first-order chi connectivity index (χ1) is 12.7. The summed E-state index contributed by atoms with van der Waals surface area (Å²) in [4.78, 5) is 12.9. The Morgan fingerprint density at radius 2 is 1.85 bits per heavy atom. The summed E-state index contributed by atoms with van der Waals surface area (Å²) in [5.41, 5.74) is 3.05. The number of sulfonamides is 1. The minimum absolute atomic E-state index is 0.329. The van der Waals surface area contributed by atoms with E-state index in [1.807, 2.05) is 19.9 Å². The molecule has 0 spiro atoms. The number of anilines is 2. The molecule has 27 heavy (non-hydrogen) atoms. The molecule has 0 fully saturated rings. The zero-order valence-corrected chi connectivity index (χ0v) is 17.1. The Morgan fingerprint density at radius 3 is 2.41 bits per heavy atom. The molecular weight excluding hydrogens is 364 g/mol. The fourth-order valence-corrected chi connectivity index (χ4v) is 4.05. The average Bonchev–Trinajstić information content (AvgIpc) is 2.61. The Bertz CT molecular complexity index is 925. The number of benzene rings is 2. The fourth-order valence-electron chi connectivity index (χ4n) is 2.85. The lowest BCUT2D eigenvalue weighted by Gasteiger charge is -2.30. The number of rotatable bonds is 7. The second-order valence-corrected chi connectivity index (χ2v) is 8.33. The van der Waals surface area contributed by atoms with Crippen LogP contribution in [0.15, 0.2) is 42.5 Å². The van der Waals surface area contributed by atoms with Crippen LogP contribution in [0.4, 0.5) is 11.4 Å². The van der Waals surface area contributed by atoms with E-state index in [1.54, 1.807) is 50.4 Å². The van der Waals surface area contributed by atoms with Crippen molar-refractivity contribution < 1.29 is 17.9 Å². The predicted molar refractivity (Wildman–Crippen MR) is 109 cm³/mol. The van der Waals surface area contributed by atoms with Gasteiger partial charge in [-0.15, -0.1) is 0 Å². The third-order valence-corrected chi connectivity index (χ3v) is 5.59. The lowest BCUT2D eigenvalue weighted by molar-refractivity contribution is -0.117. The van der Waals surface area contributed by atoms with E-state index in [9.17, 15) is 13.2 Å². The highest BCUT2D eigenvalue weighted by Gasteiger charge is 2.31. The summed E-state index contributed by atoms with van der Waals surface area (Å²) in [6.45, 7) is 5.66. The minimum Gasteiger partial charge on any atom is -0.497 e. The molecule has 0 aliphatic carbocycles. The van der Waals surface area contributed by atoms with Crippen molar-refractivity contribution in [3.8, 4) is 5.75 Å². The standard InChI is InChI=1S/C20H26N2O4S/c1-6-19(20(23)21-16-8-7-9-18(13-16)26-4)22(27(5,24)25)17-11-10-14(2)15(3)12-17/h7-13,19H,6H2,1-5H3,(H,21,23)/t19-/m0/s1. The van der Waals surface area contributed by atoms with Gasteiger partial charge in [0.1, 0.15) is 11.8 Å². The summed E-state index contributed by atoms with van der Waals surface area (Å²) in [5.74, 6) is 0.212. The van der Waals surface area contributed by atoms with E-state index in [-0.39, 0.29) is 0 Å². The molecule has 1 amide bonds. The van der Waals surface area contributed by atoms with Crippen molar-refractivity contribution in [2.24, 2.45) is 0 Å². The molecule has 0 saturated carbocycles. The molecule has 7 heteroatoms. The maximum atomic E-state index is 12.9. The van der Waals surface area contributed by atoms with E-state index >= 15 is 0 Å². The van der Waals surface area contributed by atoms with Crippen molar-refractivity contribution in [1.82, 2.24) is 0 Å². The van der Waals surface area contributed by atoms with Gasteiger partial charge in [0.05, 0.1) is 19.1 Å². The van der Waals surface area contributed by atoms with Gasteiger partial charge in [-0.25, -0.2) is 8.42 Å². The number of carbonyl (C=O) groups excluding carboxylic acids is 1. The summed E-state index contributed by atoms with van der Waals surface area (Å²) in [7, 11) is -2.12. The monoisotopic (exact) mass is 390 g/mol. The quantitative estimate of drug-likeness (QED) is 0.785. The highest BCUT2D eigenvalue weighted by Crippen LogP contribution is 2.26. The number of hydrogen-bond acceptors (Lipinski definition) is 4.